The molecule has 0 saturated carbocycles. The fraction of sp³-hybridized carbons (Fsp3) is 0.176. The lowest BCUT2D eigenvalue weighted by atomic mass is 10.2. The van der Waals surface area contributed by atoms with E-state index in [1.165, 1.54) is 26.4 Å². The number of hydrogen-bond donors (Lipinski definition) is 1. The van der Waals surface area contributed by atoms with Gasteiger partial charge in [-0.2, -0.15) is 0 Å². The standard InChI is InChI=1S/C17H15ClFNO5/c1-23-10-6-7-13(14(8-10)24-2)20-15(21)9-25-17(22)16-11(18)4-3-5-12(16)19/h3-8H,9H2,1-2H3,(H,20,21). The van der Waals surface area contributed by atoms with E-state index in [9.17, 15) is 14.0 Å². The van der Waals surface area contributed by atoms with Crippen LogP contribution in [0.2, 0.25) is 5.02 Å². The number of amides is 1. The number of hydrogen-bond acceptors (Lipinski definition) is 5. The van der Waals surface area contributed by atoms with Crippen molar-refractivity contribution in [1.82, 2.24) is 0 Å². The molecule has 0 saturated heterocycles. The lowest BCUT2D eigenvalue weighted by Crippen LogP contribution is -2.21. The number of esters is 1. The van der Waals surface area contributed by atoms with E-state index in [2.05, 4.69) is 5.32 Å². The van der Waals surface area contributed by atoms with Gasteiger partial charge in [-0.25, -0.2) is 9.18 Å². The summed E-state index contributed by atoms with van der Waals surface area (Å²) in [6, 6.07) is 8.57. The highest BCUT2D eigenvalue weighted by atomic mass is 35.5. The van der Waals surface area contributed by atoms with Crippen molar-refractivity contribution in [3.8, 4) is 11.5 Å². The summed E-state index contributed by atoms with van der Waals surface area (Å²) in [6.07, 6.45) is 0. The van der Waals surface area contributed by atoms with Crippen molar-refractivity contribution in [2.45, 2.75) is 0 Å². The van der Waals surface area contributed by atoms with Crippen LogP contribution in [-0.2, 0) is 9.53 Å². The van der Waals surface area contributed by atoms with E-state index < -0.39 is 29.9 Å². The normalized spacial score (nSPS) is 10.1. The molecule has 1 amide bonds. The summed E-state index contributed by atoms with van der Waals surface area (Å²) in [6.45, 7) is -0.612. The molecule has 25 heavy (non-hydrogen) atoms. The maximum atomic E-state index is 13.6. The van der Waals surface area contributed by atoms with Gasteiger partial charge in [0.2, 0.25) is 0 Å². The minimum absolute atomic E-state index is 0.0952. The first-order valence-corrected chi connectivity index (χ1v) is 7.47. The average molecular weight is 368 g/mol. The molecule has 0 aliphatic rings. The van der Waals surface area contributed by atoms with Crippen LogP contribution in [0.4, 0.5) is 10.1 Å². The van der Waals surface area contributed by atoms with Gasteiger partial charge < -0.3 is 19.5 Å². The maximum Gasteiger partial charge on any atom is 0.343 e. The average Bonchev–Trinajstić information content (AvgIpc) is 2.60. The van der Waals surface area contributed by atoms with Crippen molar-refractivity contribution in [3.05, 3.63) is 52.8 Å². The van der Waals surface area contributed by atoms with Crippen molar-refractivity contribution >= 4 is 29.2 Å². The number of halogens is 2. The van der Waals surface area contributed by atoms with Gasteiger partial charge in [-0.1, -0.05) is 17.7 Å². The second-order valence-corrected chi connectivity index (χ2v) is 5.19. The summed E-state index contributed by atoms with van der Waals surface area (Å²) in [4.78, 5) is 23.8. The number of nitrogens with one attached hydrogen (secondary N) is 1. The number of rotatable bonds is 6. The Labute approximate surface area is 148 Å². The summed E-state index contributed by atoms with van der Waals surface area (Å²) in [5.41, 5.74) is -0.0488. The van der Waals surface area contributed by atoms with Gasteiger partial charge in [0.15, 0.2) is 6.61 Å². The van der Waals surface area contributed by atoms with E-state index in [0.29, 0.717) is 17.2 Å². The molecule has 0 aliphatic heterocycles. The Bertz CT molecular complexity index is 776. The number of anilines is 1. The van der Waals surface area contributed by atoms with E-state index in [-0.39, 0.29) is 5.02 Å². The molecule has 0 spiro atoms. The highest BCUT2D eigenvalue weighted by molar-refractivity contribution is 6.33. The van der Waals surface area contributed by atoms with Crippen LogP contribution in [0.1, 0.15) is 10.4 Å². The Morgan fingerprint density at radius 2 is 1.92 bits per heavy atom. The number of ether oxygens (including phenoxy) is 3. The van der Waals surface area contributed by atoms with Crippen LogP contribution in [0.25, 0.3) is 0 Å². The first-order valence-electron chi connectivity index (χ1n) is 7.09. The number of carbonyl (C=O) groups is 2. The molecule has 2 aromatic rings. The molecule has 1 N–H and O–H groups in total. The SMILES string of the molecule is COc1ccc(NC(=O)COC(=O)c2c(F)cccc2Cl)c(OC)c1. The van der Waals surface area contributed by atoms with E-state index >= 15 is 0 Å². The maximum absolute atomic E-state index is 13.6. The molecule has 8 heteroatoms. The summed E-state index contributed by atoms with van der Waals surface area (Å²) < 4.78 is 28.6. The highest BCUT2D eigenvalue weighted by Crippen LogP contribution is 2.29. The molecule has 0 fully saturated rings. The van der Waals surface area contributed by atoms with Crippen molar-refractivity contribution in [2.75, 3.05) is 26.1 Å². The van der Waals surface area contributed by atoms with Crippen LogP contribution in [0, 0.1) is 5.82 Å². The quantitative estimate of drug-likeness (QED) is 0.793. The first-order chi connectivity index (χ1) is 12.0. The third-order valence-electron chi connectivity index (χ3n) is 3.18. The van der Waals surface area contributed by atoms with Crippen LogP contribution in [0.15, 0.2) is 36.4 Å². The van der Waals surface area contributed by atoms with Crippen LogP contribution >= 0.6 is 11.6 Å². The van der Waals surface area contributed by atoms with E-state index in [4.69, 9.17) is 25.8 Å². The van der Waals surface area contributed by atoms with Crippen LogP contribution in [-0.4, -0.2) is 32.7 Å². The lowest BCUT2D eigenvalue weighted by molar-refractivity contribution is -0.119. The van der Waals surface area contributed by atoms with Crippen molar-refractivity contribution < 1.29 is 28.2 Å². The topological polar surface area (TPSA) is 73.9 Å². The third-order valence-corrected chi connectivity index (χ3v) is 3.50. The smallest absolute Gasteiger partial charge is 0.343 e. The van der Waals surface area contributed by atoms with Crippen LogP contribution < -0.4 is 14.8 Å². The minimum Gasteiger partial charge on any atom is -0.497 e. The fourth-order valence-electron chi connectivity index (χ4n) is 1.98. The summed E-state index contributed by atoms with van der Waals surface area (Å²) in [5, 5.41) is 2.43. The molecule has 0 radical (unpaired) electrons. The zero-order valence-corrected chi connectivity index (χ0v) is 14.2. The molecule has 132 valence electrons. The van der Waals surface area contributed by atoms with Gasteiger partial charge in [-0.15, -0.1) is 0 Å². The molecule has 2 rings (SSSR count). The Kier molecular flexibility index (Phi) is 6.19. The van der Waals surface area contributed by atoms with Gasteiger partial charge in [-0.3, -0.25) is 4.79 Å². The van der Waals surface area contributed by atoms with Gasteiger partial charge in [0, 0.05) is 6.07 Å². The Morgan fingerprint density at radius 3 is 2.56 bits per heavy atom. The minimum atomic E-state index is -1.03. The third kappa shape index (κ3) is 4.60. The van der Waals surface area contributed by atoms with Gasteiger partial charge in [-0.05, 0) is 24.3 Å². The zero-order chi connectivity index (χ0) is 18.4. The molecule has 0 bridgehead atoms. The number of methoxy groups -OCH3 is 2. The predicted octanol–water partition coefficient (Wildman–Crippen LogP) is 3.29. The number of carbonyl (C=O) groups excluding carboxylic acids is 2. The monoisotopic (exact) mass is 367 g/mol. The Hall–Kier alpha value is -2.80. The molecule has 0 aliphatic carbocycles. The first kappa shape index (κ1) is 18.5. The van der Waals surface area contributed by atoms with E-state index in [1.54, 1.807) is 18.2 Å². The zero-order valence-electron chi connectivity index (χ0n) is 13.5. The lowest BCUT2D eigenvalue weighted by Gasteiger charge is -2.12. The largest absolute Gasteiger partial charge is 0.497 e. The predicted molar refractivity (Wildman–Crippen MR) is 89.9 cm³/mol. The van der Waals surface area contributed by atoms with Gasteiger partial charge >= 0.3 is 5.97 Å². The summed E-state index contributed by atoms with van der Waals surface area (Å²) >= 11 is 5.77. The van der Waals surface area contributed by atoms with Gasteiger partial charge in [0.1, 0.15) is 22.9 Å². The molecule has 2 aromatic carbocycles. The molecule has 0 unspecified atom stereocenters. The van der Waals surface area contributed by atoms with E-state index in [1.807, 2.05) is 0 Å². The Balaban J connectivity index is 2.00. The second kappa shape index (κ2) is 8.34. The molecular formula is C17H15ClFNO5. The van der Waals surface area contributed by atoms with Gasteiger partial charge in [0.25, 0.3) is 5.91 Å². The summed E-state index contributed by atoms with van der Waals surface area (Å²) in [5.74, 6) is -1.55. The van der Waals surface area contributed by atoms with Crippen LogP contribution in [0.5, 0.6) is 11.5 Å². The molecule has 0 atom stereocenters. The van der Waals surface area contributed by atoms with Crippen molar-refractivity contribution in [2.24, 2.45) is 0 Å². The molecule has 0 aromatic heterocycles. The van der Waals surface area contributed by atoms with Gasteiger partial charge in [0.05, 0.1) is 24.9 Å². The summed E-state index contributed by atoms with van der Waals surface area (Å²) in [7, 11) is 2.94. The fourth-order valence-corrected chi connectivity index (χ4v) is 2.22. The van der Waals surface area contributed by atoms with Crippen LogP contribution in [0.3, 0.4) is 0 Å². The second-order valence-electron chi connectivity index (χ2n) is 4.79. The van der Waals surface area contributed by atoms with Crippen molar-refractivity contribution in [3.63, 3.8) is 0 Å². The molecular weight excluding hydrogens is 353 g/mol. The number of benzene rings is 2. The molecule has 0 heterocycles. The Morgan fingerprint density at radius 1 is 1.16 bits per heavy atom. The highest BCUT2D eigenvalue weighted by Gasteiger charge is 2.18. The van der Waals surface area contributed by atoms with E-state index in [0.717, 1.165) is 6.07 Å². The molecule has 6 nitrogen and oxygen atoms in total. The van der Waals surface area contributed by atoms with Crippen molar-refractivity contribution in [1.29, 1.82) is 0 Å².